The minimum absolute atomic E-state index is 0.197. The summed E-state index contributed by atoms with van der Waals surface area (Å²) in [5, 5.41) is 4.26. The highest BCUT2D eigenvalue weighted by molar-refractivity contribution is 5.97. The number of rotatable bonds is 3. The Hall–Kier alpha value is -3.27. The largest absolute Gasteiger partial charge is 0.405 e. The highest BCUT2D eigenvalue weighted by Crippen LogP contribution is 2.45. The predicted octanol–water partition coefficient (Wildman–Crippen LogP) is 3.79. The summed E-state index contributed by atoms with van der Waals surface area (Å²) < 4.78 is 40.5. The molecule has 32 heavy (non-hydrogen) atoms. The van der Waals surface area contributed by atoms with Crippen molar-refractivity contribution in [3.8, 4) is 11.4 Å². The highest BCUT2D eigenvalue weighted by Gasteiger charge is 2.42. The number of nitrogens with one attached hydrogen (secondary N) is 2. The van der Waals surface area contributed by atoms with Crippen LogP contribution in [-0.2, 0) is 0 Å². The maximum absolute atomic E-state index is 13.5. The number of hydrogen-bond donors (Lipinski definition) is 2. The summed E-state index contributed by atoms with van der Waals surface area (Å²) in [6, 6.07) is 2.12. The first-order valence-electron chi connectivity index (χ1n) is 10.6. The zero-order valence-corrected chi connectivity index (χ0v) is 17.0. The quantitative estimate of drug-likeness (QED) is 0.506. The first-order valence-corrected chi connectivity index (χ1v) is 10.6. The van der Waals surface area contributed by atoms with E-state index in [1.807, 2.05) is 18.3 Å². The molecule has 7 nitrogen and oxygen atoms in total. The first-order chi connectivity index (χ1) is 15.5. The van der Waals surface area contributed by atoms with E-state index in [4.69, 9.17) is 9.97 Å². The summed E-state index contributed by atoms with van der Waals surface area (Å²) in [7, 11) is 0. The van der Waals surface area contributed by atoms with E-state index in [1.165, 1.54) is 0 Å². The van der Waals surface area contributed by atoms with Gasteiger partial charge in [-0.05, 0) is 36.5 Å². The van der Waals surface area contributed by atoms with Crippen LogP contribution in [0.2, 0.25) is 0 Å². The summed E-state index contributed by atoms with van der Waals surface area (Å²) in [5.74, 6) is 1.36. The van der Waals surface area contributed by atoms with Gasteiger partial charge in [0.1, 0.15) is 17.5 Å². The molecule has 0 aromatic carbocycles. The second-order valence-corrected chi connectivity index (χ2v) is 8.36. The number of halogens is 3. The van der Waals surface area contributed by atoms with E-state index in [0.29, 0.717) is 35.3 Å². The van der Waals surface area contributed by atoms with Crippen molar-refractivity contribution in [1.82, 2.24) is 30.2 Å². The molecule has 2 N–H and O–H groups in total. The lowest BCUT2D eigenvalue weighted by Gasteiger charge is -2.36. The number of hydrogen-bond acceptors (Lipinski definition) is 6. The molecule has 0 radical (unpaired) electrons. The molecule has 4 aromatic rings. The average Bonchev–Trinajstić information content (AvgIpc) is 3.53. The van der Waals surface area contributed by atoms with Crippen molar-refractivity contribution in [2.75, 3.05) is 24.5 Å². The van der Waals surface area contributed by atoms with Gasteiger partial charge in [-0.2, -0.15) is 13.2 Å². The third-order valence-electron chi connectivity index (χ3n) is 6.21. The second-order valence-electron chi connectivity index (χ2n) is 8.36. The lowest BCUT2D eigenvalue weighted by atomic mass is 10.1. The SMILES string of the molecule is FC(F)(F)C1CN(c2nc(-c3ccnc4[nH]ccc34)nc3cncc(C4CC4)c23)CCN1. The number of pyridine rings is 2. The van der Waals surface area contributed by atoms with Gasteiger partial charge < -0.3 is 15.2 Å². The number of fused-ring (bicyclic) bond motifs is 2. The van der Waals surface area contributed by atoms with E-state index < -0.39 is 12.2 Å². The molecule has 1 saturated heterocycles. The Labute approximate surface area is 181 Å². The molecule has 1 aliphatic carbocycles. The summed E-state index contributed by atoms with van der Waals surface area (Å²) in [5.41, 5.74) is 3.15. The number of aromatic nitrogens is 5. The number of anilines is 1. The fourth-order valence-electron chi connectivity index (χ4n) is 4.46. The number of nitrogens with zero attached hydrogens (tertiary/aromatic N) is 5. The van der Waals surface area contributed by atoms with Crippen molar-refractivity contribution < 1.29 is 13.2 Å². The zero-order valence-electron chi connectivity index (χ0n) is 17.0. The summed E-state index contributed by atoms with van der Waals surface area (Å²) in [4.78, 5) is 23.2. The summed E-state index contributed by atoms with van der Waals surface area (Å²) in [6.45, 7) is 0.462. The van der Waals surface area contributed by atoms with Crippen LogP contribution in [0.5, 0.6) is 0 Å². The van der Waals surface area contributed by atoms with Crippen LogP contribution < -0.4 is 10.2 Å². The van der Waals surface area contributed by atoms with Gasteiger partial charge in [0.15, 0.2) is 5.82 Å². The van der Waals surface area contributed by atoms with Crippen LogP contribution in [0.1, 0.15) is 24.3 Å². The van der Waals surface area contributed by atoms with Crippen molar-refractivity contribution in [3.63, 3.8) is 0 Å². The fraction of sp³-hybridized carbons (Fsp3) is 0.364. The van der Waals surface area contributed by atoms with E-state index in [-0.39, 0.29) is 13.1 Å². The molecule has 0 spiro atoms. The van der Waals surface area contributed by atoms with Gasteiger partial charge in [0.25, 0.3) is 0 Å². The minimum atomic E-state index is -4.33. The Balaban J connectivity index is 1.56. The van der Waals surface area contributed by atoms with E-state index in [9.17, 15) is 13.2 Å². The van der Waals surface area contributed by atoms with Gasteiger partial charge in [0.05, 0.1) is 11.7 Å². The Morgan fingerprint density at radius 3 is 2.78 bits per heavy atom. The van der Waals surface area contributed by atoms with Gasteiger partial charge in [0, 0.05) is 54.6 Å². The highest BCUT2D eigenvalue weighted by atomic mass is 19.4. The van der Waals surface area contributed by atoms with Crippen LogP contribution in [0.25, 0.3) is 33.3 Å². The molecule has 1 aliphatic heterocycles. The average molecular weight is 439 g/mol. The number of H-pyrrole nitrogens is 1. The van der Waals surface area contributed by atoms with Gasteiger partial charge in [-0.25, -0.2) is 15.0 Å². The summed E-state index contributed by atoms with van der Waals surface area (Å²) >= 11 is 0. The van der Waals surface area contributed by atoms with Crippen LogP contribution in [-0.4, -0.2) is 56.8 Å². The molecular formula is C22H20F3N7. The van der Waals surface area contributed by atoms with Crippen LogP contribution in [0.4, 0.5) is 19.0 Å². The van der Waals surface area contributed by atoms with Crippen LogP contribution in [0.15, 0.2) is 36.9 Å². The first kappa shape index (κ1) is 19.4. The lowest BCUT2D eigenvalue weighted by molar-refractivity contribution is -0.155. The number of piperazine rings is 1. The third kappa shape index (κ3) is 3.26. The molecule has 0 bridgehead atoms. The molecule has 2 fully saturated rings. The molecule has 0 amide bonds. The molecule has 164 valence electrons. The molecule has 6 rings (SSSR count). The maximum Gasteiger partial charge on any atom is 0.405 e. The second kappa shape index (κ2) is 7.13. The number of alkyl halides is 3. The molecule has 1 saturated carbocycles. The third-order valence-corrected chi connectivity index (χ3v) is 6.21. The Kier molecular flexibility index (Phi) is 4.32. The molecule has 5 heterocycles. The van der Waals surface area contributed by atoms with Crippen molar-refractivity contribution in [1.29, 1.82) is 0 Å². The van der Waals surface area contributed by atoms with Crippen molar-refractivity contribution in [3.05, 3.63) is 42.5 Å². The fourth-order valence-corrected chi connectivity index (χ4v) is 4.46. The van der Waals surface area contributed by atoms with Gasteiger partial charge >= 0.3 is 6.18 Å². The molecule has 1 unspecified atom stereocenters. The summed E-state index contributed by atoms with van der Waals surface area (Å²) in [6.07, 6.45) is 4.71. The van der Waals surface area contributed by atoms with Crippen molar-refractivity contribution in [2.45, 2.75) is 31.0 Å². The molecule has 10 heteroatoms. The number of aromatic amines is 1. The molecule has 4 aromatic heterocycles. The maximum atomic E-state index is 13.5. The lowest BCUT2D eigenvalue weighted by Crippen LogP contribution is -2.57. The normalized spacial score (nSPS) is 19.7. The van der Waals surface area contributed by atoms with E-state index in [1.54, 1.807) is 23.5 Å². The monoisotopic (exact) mass is 439 g/mol. The standard InChI is InChI=1S/C22H20F3N7/c23-22(24,25)17-11-32(8-7-27-17)21-18-15(12-1-2-12)9-26-10-16(18)30-20(31-21)14-4-6-29-19-13(14)3-5-28-19/h3-6,9-10,12,17,27H,1-2,7-8,11H2,(H,28,29). The Morgan fingerprint density at radius 1 is 1.09 bits per heavy atom. The topological polar surface area (TPSA) is 82.6 Å². The molecular weight excluding hydrogens is 419 g/mol. The Bertz CT molecular complexity index is 1310. The van der Waals surface area contributed by atoms with E-state index in [2.05, 4.69) is 20.3 Å². The van der Waals surface area contributed by atoms with Crippen molar-refractivity contribution in [2.24, 2.45) is 0 Å². The van der Waals surface area contributed by atoms with Gasteiger partial charge in [-0.3, -0.25) is 4.98 Å². The van der Waals surface area contributed by atoms with Crippen LogP contribution >= 0.6 is 0 Å². The minimum Gasteiger partial charge on any atom is -0.353 e. The molecule has 2 aliphatic rings. The zero-order chi connectivity index (χ0) is 21.9. The van der Waals surface area contributed by atoms with Gasteiger partial charge in [-0.15, -0.1) is 0 Å². The predicted molar refractivity (Wildman–Crippen MR) is 114 cm³/mol. The Morgan fingerprint density at radius 2 is 1.97 bits per heavy atom. The van der Waals surface area contributed by atoms with Crippen LogP contribution in [0, 0.1) is 0 Å². The van der Waals surface area contributed by atoms with Gasteiger partial charge in [-0.1, -0.05) is 0 Å². The van der Waals surface area contributed by atoms with E-state index >= 15 is 0 Å². The molecule has 1 atom stereocenters. The van der Waals surface area contributed by atoms with Crippen LogP contribution in [0.3, 0.4) is 0 Å². The smallest absolute Gasteiger partial charge is 0.353 e. The van der Waals surface area contributed by atoms with Crippen molar-refractivity contribution >= 4 is 27.8 Å². The van der Waals surface area contributed by atoms with E-state index in [0.717, 1.165) is 34.7 Å². The van der Waals surface area contributed by atoms with Gasteiger partial charge in [0.2, 0.25) is 0 Å².